The maximum atomic E-state index is 12.1. The van der Waals surface area contributed by atoms with Crippen LogP contribution in [0.2, 0.25) is 0 Å². The van der Waals surface area contributed by atoms with Crippen LogP contribution >= 0.6 is 0 Å². The van der Waals surface area contributed by atoms with Gasteiger partial charge in [0, 0.05) is 12.8 Å². The molecule has 0 aromatic heterocycles. The number of aliphatic hydroxyl groups excluding tert-OH is 1. The predicted molar refractivity (Wildman–Crippen MR) is 108 cm³/mol. The highest BCUT2D eigenvalue weighted by Crippen LogP contribution is 2.17. The van der Waals surface area contributed by atoms with Gasteiger partial charge in [-0.05, 0) is 64.5 Å². The van der Waals surface area contributed by atoms with Crippen LogP contribution in [-0.2, 0) is 14.3 Å². The second-order valence-corrected chi connectivity index (χ2v) is 7.60. The zero-order chi connectivity index (χ0) is 20.9. The molecule has 2 N–H and O–H groups in total. The fraction of sp³-hybridized carbons (Fsp3) is 0.636. The summed E-state index contributed by atoms with van der Waals surface area (Å²) >= 11 is 0. The number of hydrogen-bond donors (Lipinski definition) is 2. The summed E-state index contributed by atoms with van der Waals surface area (Å²) in [7, 11) is 0. The van der Waals surface area contributed by atoms with Crippen LogP contribution in [0.1, 0.15) is 66.7 Å². The van der Waals surface area contributed by atoms with Crippen molar-refractivity contribution in [3.05, 3.63) is 35.5 Å². The third-order valence-corrected chi connectivity index (χ3v) is 4.15. The minimum Gasteiger partial charge on any atom is -0.461 e. The van der Waals surface area contributed by atoms with Crippen LogP contribution in [0.5, 0.6) is 0 Å². The van der Waals surface area contributed by atoms with Gasteiger partial charge in [0.15, 0.2) is 5.78 Å². The van der Waals surface area contributed by atoms with Crippen LogP contribution < -0.4 is 0 Å². The monoisotopic (exact) mass is 380 g/mol. The number of ether oxygens (including phenoxy) is 1. The number of aliphatic hydroxyl groups is 2. The topological polar surface area (TPSA) is 83.8 Å². The average Bonchev–Trinajstić information content (AvgIpc) is 2.56. The first-order valence-corrected chi connectivity index (χ1v) is 9.58. The van der Waals surface area contributed by atoms with Crippen LogP contribution in [-0.4, -0.2) is 40.8 Å². The number of rotatable bonds is 13. The Morgan fingerprint density at radius 3 is 2.37 bits per heavy atom. The first kappa shape index (κ1) is 25.3. The van der Waals surface area contributed by atoms with Crippen LogP contribution in [0.3, 0.4) is 0 Å². The molecule has 0 saturated carbocycles. The zero-order valence-corrected chi connectivity index (χ0v) is 17.5. The minimum absolute atomic E-state index is 0.00686. The van der Waals surface area contributed by atoms with Crippen molar-refractivity contribution in [2.24, 2.45) is 5.92 Å². The van der Waals surface area contributed by atoms with Crippen molar-refractivity contribution in [2.75, 3.05) is 13.2 Å². The molecule has 0 rings (SSSR count). The van der Waals surface area contributed by atoms with Gasteiger partial charge in [0.1, 0.15) is 6.61 Å². The van der Waals surface area contributed by atoms with Gasteiger partial charge in [-0.2, -0.15) is 0 Å². The van der Waals surface area contributed by atoms with E-state index in [1.807, 2.05) is 13.8 Å². The standard InChI is InChI=1S/C22H36O5/c1-17(13-15-23)8-6-10-20(16-27-19(3)24)11-7-9-18(2)21(25)12-14-22(4,5)26/h10,12-14,18,23,26H,6-9,11,15-16H2,1-5H3. The van der Waals surface area contributed by atoms with E-state index >= 15 is 0 Å². The molecule has 0 saturated heterocycles. The molecule has 0 fully saturated rings. The number of carbonyl (C=O) groups is 2. The minimum atomic E-state index is -0.988. The molecule has 0 heterocycles. The lowest BCUT2D eigenvalue weighted by Crippen LogP contribution is -2.16. The van der Waals surface area contributed by atoms with Gasteiger partial charge in [-0.1, -0.05) is 30.7 Å². The van der Waals surface area contributed by atoms with Crippen molar-refractivity contribution < 1.29 is 24.5 Å². The first-order chi connectivity index (χ1) is 12.5. The van der Waals surface area contributed by atoms with Crippen molar-refractivity contribution in [3.63, 3.8) is 0 Å². The Hall–Kier alpha value is -1.72. The molecule has 1 atom stereocenters. The molecular formula is C22H36O5. The maximum absolute atomic E-state index is 12.1. The van der Waals surface area contributed by atoms with Gasteiger partial charge in [-0.25, -0.2) is 0 Å². The lowest BCUT2D eigenvalue weighted by molar-refractivity contribution is -0.140. The van der Waals surface area contributed by atoms with E-state index in [1.165, 1.54) is 19.1 Å². The van der Waals surface area contributed by atoms with Gasteiger partial charge < -0.3 is 14.9 Å². The maximum Gasteiger partial charge on any atom is 0.302 e. The Kier molecular flexibility index (Phi) is 12.6. The molecule has 27 heavy (non-hydrogen) atoms. The second-order valence-electron chi connectivity index (χ2n) is 7.60. The molecule has 5 nitrogen and oxygen atoms in total. The highest BCUT2D eigenvalue weighted by molar-refractivity contribution is 5.91. The summed E-state index contributed by atoms with van der Waals surface area (Å²) in [5.41, 5.74) is 1.19. The number of ketones is 1. The van der Waals surface area contributed by atoms with E-state index in [0.29, 0.717) is 0 Å². The quantitative estimate of drug-likeness (QED) is 0.288. The lowest BCUT2D eigenvalue weighted by Gasteiger charge is -2.13. The van der Waals surface area contributed by atoms with E-state index in [1.54, 1.807) is 19.9 Å². The summed E-state index contributed by atoms with van der Waals surface area (Å²) in [5, 5.41) is 18.5. The van der Waals surface area contributed by atoms with Gasteiger partial charge in [-0.3, -0.25) is 9.59 Å². The van der Waals surface area contributed by atoms with Gasteiger partial charge in [0.25, 0.3) is 0 Å². The third-order valence-electron chi connectivity index (χ3n) is 4.15. The number of allylic oxidation sites excluding steroid dienone is 3. The fourth-order valence-corrected chi connectivity index (χ4v) is 2.42. The summed E-state index contributed by atoms with van der Waals surface area (Å²) in [4.78, 5) is 23.2. The van der Waals surface area contributed by atoms with Crippen LogP contribution in [0.15, 0.2) is 35.5 Å². The van der Waals surface area contributed by atoms with Crippen molar-refractivity contribution in [2.45, 2.75) is 72.3 Å². The van der Waals surface area contributed by atoms with E-state index in [9.17, 15) is 14.7 Å². The van der Waals surface area contributed by atoms with Gasteiger partial charge in [0.05, 0.1) is 12.2 Å². The Balaban J connectivity index is 4.57. The Labute approximate surface area is 163 Å². The van der Waals surface area contributed by atoms with Crippen molar-refractivity contribution in [3.8, 4) is 0 Å². The molecule has 5 heteroatoms. The molecule has 0 radical (unpaired) electrons. The normalized spacial score (nSPS) is 14.5. The highest BCUT2D eigenvalue weighted by Gasteiger charge is 2.13. The van der Waals surface area contributed by atoms with E-state index < -0.39 is 5.60 Å². The molecular weight excluding hydrogens is 344 g/mol. The molecule has 0 aliphatic rings. The van der Waals surface area contributed by atoms with Crippen molar-refractivity contribution in [1.29, 1.82) is 0 Å². The second kappa shape index (κ2) is 13.4. The Morgan fingerprint density at radius 1 is 1.15 bits per heavy atom. The SMILES string of the molecule is CC(=O)OCC(=CCCC(C)=CCO)CCCC(C)C(=O)C=CC(C)(C)O. The summed E-state index contributed by atoms with van der Waals surface area (Å²) < 4.78 is 5.12. The van der Waals surface area contributed by atoms with Gasteiger partial charge in [-0.15, -0.1) is 0 Å². The van der Waals surface area contributed by atoms with E-state index in [-0.39, 0.29) is 30.9 Å². The van der Waals surface area contributed by atoms with Crippen molar-refractivity contribution >= 4 is 11.8 Å². The molecule has 0 amide bonds. The molecule has 0 bridgehead atoms. The lowest BCUT2D eigenvalue weighted by atomic mass is 9.96. The third kappa shape index (κ3) is 15.1. The summed E-state index contributed by atoms with van der Waals surface area (Å²) in [6, 6.07) is 0. The fourth-order valence-electron chi connectivity index (χ4n) is 2.42. The largest absolute Gasteiger partial charge is 0.461 e. The van der Waals surface area contributed by atoms with Crippen LogP contribution in [0.25, 0.3) is 0 Å². The Bertz CT molecular complexity index is 550. The van der Waals surface area contributed by atoms with E-state index in [4.69, 9.17) is 9.84 Å². The highest BCUT2D eigenvalue weighted by atomic mass is 16.5. The number of esters is 1. The average molecular weight is 381 g/mol. The molecule has 154 valence electrons. The van der Waals surface area contributed by atoms with Crippen molar-refractivity contribution in [1.82, 2.24) is 0 Å². The first-order valence-electron chi connectivity index (χ1n) is 9.58. The summed E-state index contributed by atoms with van der Waals surface area (Å²) in [6.07, 6.45) is 10.8. The Morgan fingerprint density at radius 2 is 1.81 bits per heavy atom. The number of hydrogen-bond acceptors (Lipinski definition) is 5. The van der Waals surface area contributed by atoms with Crippen LogP contribution in [0.4, 0.5) is 0 Å². The summed E-state index contributed by atoms with van der Waals surface area (Å²) in [5.74, 6) is -0.418. The molecule has 0 aromatic carbocycles. The zero-order valence-electron chi connectivity index (χ0n) is 17.5. The molecule has 1 unspecified atom stereocenters. The summed E-state index contributed by atoms with van der Waals surface area (Å²) in [6.45, 7) is 8.83. The van der Waals surface area contributed by atoms with E-state index in [2.05, 4.69) is 6.08 Å². The molecule has 0 aliphatic heterocycles. The molecule has 0 aliphatic carbocycles. The molecule has 0 aromatic rings. The smallest absolute Gasteiger partial charge is 0.302 e. The van der Waals surface area contributed by atoms with Crippen LogP contribution in [0, 0.1) is 5.92 Å². The predicted octanol–water partition coefficient (Wildman–Crippen LogP) is 3.90. The number of carbonyl (C=O) groups excluding carboxylic acids is 2. The van der Waals surface area contributed by atoms with Gasteiger partial charge in [0.2, 0.25) is 0 Å². The molecule has 0 spiro atoms. The van der Waals surface area contributed by atoms with E-state index in [0.717, 1.165) is 43.3 Å². The van der Waals surface area contributed by atoms with Gasteiger partial charge >= 0.3 is 5.97 Å².